The van der Waals surface area contributed by atoms with E-state index in [9.17, 15) is 0 Å². The van der Waals surface area contributed by atoms with E-state index in [4.69, 9.17) is 5.73 Å². The second kappa shape index (κ2) is 6.18. The Kier molecular flexibility index (Phi) is 4.57. The zero-order valence-electron chi connectivity index (χ0n) is 10.8. The molecule has 2 nitrogen and oxygen atoms in total. The minimum atomic E-state index is 0.645. The van der Waals surface area contributed by atoms with E-state index in [1.807, 2.05) is 0 Å². The summed E-state index contributed by atoms with van der Waals surface area (Å²) in [4.78, 5) is 2.63. The lowest BCUT2D eigenvalue weighted by Crippen LogP contribution is -2.28. The van der Waals surface area contributed by atoms with Gasteiger partial charge in [-0.2, -0.15) is 0 Å². The Labute approximate surface area is 105 Å². The van der Waals surface area contributed by atoms with Crippen LogP contribution in [0.15, 0.2) is 30.3 Å². The molecule has 1 aliphatic rings. The van der Waals surface area contributed by atoms with Crippen molar-refractivity contribution in [3.05, 3.63) is 35.9 Å². The summed E-state index contributed by atoms with van der Waals surface area (Å²) >= 11 is 0. The Balaban J connectivity index is 1.85. The molecule has 2 rings (SSSR count). The van der Waals surface area contributed by atoms with Crippen LogP contribution in [0.1, 0.15) is 31.7 Å². The number of benzene rings is 1. The molecule has 2 N–H and O–H groups in total. The molecule has 0 amide bonds. The first-order valence-corrected chi connectivity index (χ1v) is 6.77. The summed E-state index contributed by atoms with van der Waals surface area (Å²) in [6.45, 7) is 5.35. The van der Waals surface area contributed by atoms with Gasteiger partial charge in [-0.3, -0.25) is 4.90 Å². The maximum Gasteiger partial charge on any atom is 0.0236 e. The zero-order valence-corrected chi connectivity index (χ0v) is 10.8. The van der Waals surface area contributed by atoms with Gasteiger partial charge in [0.1, 0.15) is 0 Å². The number of hydrogen-bond donors (Lipinski definition) is 1. The van der Waals surface area contributed by atoms with Gasteiger partial charge in [-0.15, -0.1) is 0 Å². The van der Waals surface area contributed by atoms with E-state index in [1.54, 1.807) is 0 Å². The third-order valence-corrected chi connectivity index (χ3v) is 3.60. The molecule has 1 atom stereocenters. The van der Waals surface area contributed by atoms with Gasteiger partial charge in [0.2, 0.25) is 0 Å². The van der Waals surface area contributed by atoms with Crippen molar-refractivity contribution in [1.29, 1.82) is 0 Å². The van der Waals surface area contributed by atoms with Crippen molar-refractivity contribution in [3.63, 3.8) is 0 Å². The van der Waals surface area contributed by atoms with E-state index >= 15 is 0 Å². The van der Waals surface area contributed by atoms with E-state index < -0.39 is 0 Å². The fraction of sp³-hybridized carbons (Fsp3) is 0.600. The van der Waals surface area contributed by atoms with Crippen LogP contribution in [0.3, 0.4) is 0 Å². The van der Waals surface area contributed by atoms with Crippen molar-refractivity contribution in [2.24, 2.45) is 11.7 Å². The van der Waals surface area contributed by atoms with E-state index in [2.05, 4.69) is 42.2 Å². The summed E-state index contributed by atoms with van der Waals surface area (Å²) in [5.41, 5.74) is 7.11. The van der Waals surface area contributed by atoms with Gasteiger partial charge in [0, 0.05) is 12.6 Å². The Bertz CT molecular complexity index is 319. The summed E-state index contributed by atoms with van der Waals surface area (Å²) in [6.07, 6.45) is 3.98. The molecule has 0 radical (unpaired) electrons. The van der Waals surface area contributed by atoms with Crippen molar-refractivity contribution in [2.45, 2.75) is 38.8 Å². The van der Waals surface area contributed by atoms with Crippen molar-refractivity contribution in [3.8, 4) is 0 Å². The zero-order chi connectivity index (χ0) is 12.1. The molecule has 0 bridgehead atoms. The molecule has 0 aliphatic heterocycles. The highest BCUT2D eigenvalue weighted by Crippen LogP contribution is 2.28. The third-order valence-electron chi connectivity index (χ3n) is 3.60. The topological polar surface area (TPSA) is 29.3 Å². The molecule has 2 heteroatoms. The van der Waals surface area contributed by atoms with Crippen LogP contribution < -0.4 is 5.73 Å². The number of rotatable bonds is 7. The van der Waals surface area contributed by atoms with Crippen LogP contribution in [0.25, 0.3) is 0 Å². The molecule has 0 heterocycles. The van der Waals surface area contributed by atoms with Gasteiger partial charge in [-0.1, -0.05) is 37.3 Å². The van der Waals surface area contributed by atoms with Gasteiger partial charge >= 0.3 is 0 Å². The van der Waals surface area contributed by atoms with E-state index in [-0.39, 0.29) is 0 Å². The average molecular weight is 232 g/mol. The van der Waals surface area contributed by atoms with Gasteiger partial charge in [0.05, 0.1) is 0 Å². The summed E-state index contributed by atoms with van der Waals surface area (Å²) < 4.78 is 0. The average Bonchev–Trinajstić information content (AvgIpc) is 3.19. The van der Waals surface area contributed by atoms with Crippen LogP contribution in [-0.2, 0) is 6.54 Å². The first kappa shape index (κ1) is 12.6. The predicted molar refractivity (Wildman–Crippen MR) is 72.7 cm³/mol. The predicted octanol–water partition coefficient (Wildman–Crippen LogP) is 2.64. The molecule has 17 heavy (non-hydrogen) atoms. The van der Waals surface area contributed by atoms with Crippen LogP contribution in [-0.4, -0.2) is 24.0 Å². The molecule has 1 fully saturated rings. The van der Waals surface area contributed by atoms with Gasteiger partial charge in [-0.05, 0) is 43.8 Å². The quantitative estimate of drug-likeness (QED) is 0.783. The number of hydrogen-bond acceptors (Lipinski definition) is 2. The van der Waals surface area contributed by atoms with Gasteiger partial charge in [0.15, 0.2) is 0 Å². The van der Waals surface area contributed by atoms with Crippen molar-refractivity contribution >= 4 is 0 Å². The van der Waals surface area contributed by atoms with E-state index in [0.29, 0.717) is 5.92 Å². The molecule has 0 aromatic heterocycles. The van der Waals surface area contributed by atoms with E-state index in [0.717, 1.165) is 19.1 Å². The van der Waals surface area contributed by atoms with Gasteiger partial charge in [0.25, 0.3) is 0 Å². The molecule has 94 valence electrons. The van der Waals surface area contributed by atoms with Crippen molar-refractivity contribution < 1.29 is 0 Å². The summed E-state index contributed by atoms with van der Waals surface area (Å²) in [6, 6.07) is 11.6. The fourth-order valence-corrected chi connectivity index (χ4v) is 2.15. The highest BCUT2D eigenvalue weighted by molar-refractivity contribution is 5.14. The molecule has 0 spiro atoms. The first-order chi connectivity index (χ1) is 8.29. The van der Waals surface area contributed by atoms with Crippen LogP contribution in [0.5, 0.6) is 0 Å². The molecule has 1 aromatic rings. The third kappa shape index (κ3) is 4.14. The molecule has 1 unspecified atom stereocenters. The lowest BCUT2D eigenvalue weighted by molar-refractivity contribution is 0.237. The summed E-state index contributed by atoms with van der Waals surface area (Å²) in [5, 5.41) is 0. The standard InChI is InChI=1S/C15H24N2/c1-13(11-16)9-10-17(15-7-8-15)12-14-5-3-2-4-6-14/h2-6,13,15H,7-12,16H2,1H3. The molecule has 1 aliphatic carbocycles. The highest BCUT2D eigenvalue weighted by atomic mass is 15.2. The fourth-order valence-electron chi connectivity index (χ4n) is 2.15. The minimum Gasteiger partial charge on any atom is -0.330 e. The van der Waals surface area contributed by atoms with E-state index in [1.165, 1.54) is 31.4 Å². The van der Waals surface area contributed by atoms with Crippen molar-refractivity contribution in [2.75, 3.05) is 13.1 Å². The largest absolute Gasteiger partial charge is 0.330 e. The molecule has 1 aromatic carbocycles. The highest BCUT2D eigenvalue weighted by Gasteiger charge is 2.28. The number of nitrogens with two attached hydrogens (primary N) is 1. The second-order valence-electron chi connectivity index (χ2n) is 5.32. The smallest absolute Gasteiger partial charge is 0.0236 e. The Morgan fingerprint density at radius 3 is 2.59 bits per heavy atom. The molecular weight excluding hydrogens is 208 g/mol. The SMILES string of the molecule is CC(CN)CCN(Cc1ccccc1)C1CC1. The molecule has 0 saturated heterocycles. The van der Waals surface area contributed by atoms with Gasteiger partial charge < -0.3 is 5.73 Å². The van der Waals surface area contributed by atoms with Crippen LogP contribution in [0.4, 0.5) is 0 Å². The Morgan fingerprint density at radius 1 is 1.29 bits per heavy atom. The monoisotopic (exact) mass is 232 g/mol. The number of nitrogens with zero attached hydrogens (tertiary/aromatic N) is 1. The Morgan fingerprint density at radius 2 is 2.00 bits per heavy atom. The van der Waals surface area contributed by atoms with Crippen LogP contribution >= 0.6 is 0 Å². The summed E-state index contributed by atoms with van der Waals surface area (Å²) in [5.74, 6) is 0.645. The molecular formula is C15H24N2. The normalized spacial score (nSPS) is 17.4. The van der Waals surface area contributed by atoms with Crippen LogP contribution in [0, 0.1) is 5.92 Å². The first-order valence-electron chi connectivity index (χ1n) is 6.77. The van der Waals surface area contributed by atoms with Gasteiger partial charge in [-0.25, -0.2) is 0 Å². The minimum absolute atomic E-state index is 0.645. The van der Waals surface area contributed by atoms with Crippen molar-refractivity contribution in [1.82, 2.24) is 4.90 Å². The molecule has 1 saturated carbocycles. The maximum atomic E-state index is 5.68. The summed E-state index contributed by atoms with van der Waals surface area (Å²) in [7, 11) is 0. The maximum absolute atomic E-state index is 5.68. The van der Waals surface area contributed by atoms with Crippen LogP contribution in [0.2, 0.25) is 0 Å². The lowest BCUT2D eigenvalue weighted by Gasteiger charge is -2.23. The lowest BCUT2D eigenvalue weighted by atomic mass is 10.1. The Hall–Kier alpha value is -0.860. The second-order valence-corrected chi connectivity index (χ2v) is 5.32.